The molecule has 31 heavy (non-hydrogen) atoms. The fourth-order valence-corrected chi connectivity index (χ4v) is 3.22. The van der Waals surface area contributed by atoms with Crippen LogP contribution in [0.2, 0.25) is 0 Å². The number of hydrogen-bond acceptors (Lipinski definition) is 3. The van der Waals surface area contributed by atoms with Gasteiger partial charge in [-0.05, 0) is 88.9 Å². The van der Waals surface area contributed by atoms with Crippen LogP contribution in [0.3, 0.4) is 0 Å². The molecular weight excluding hydrogens is 395 g/mol. The Kier molecular flexibility index (Phi) is 7.82. The molecule has 6 heteroatoms. The van der Waals surface area contributed by atoms with E-state index in [9.17, 15) is 14.0 Å². The number of carbonyl (C=O) groups excluding carboxylic acids is 2. The van der Waals surface area contributed by atoms with Gasteiger partial charge in [0, 0.05) is 12.1 Å². The molecule has 0 aliphatic rings. The molecule has 2 aromatic rings. The summed E-state index contributed by atoms with van der Waals surface area (Å²) in [5.41, 5.74) is 3.41. The lowest BCUT2D eigenvalue weighted by molar-refractivity contribution is -0.142. The van der Waals surface area contributed by atoms with E-state index < -0.39 is 11.6 Å². The van der Waals surface area contributed by atoms with Gasteiger partial charge in [0.15, 0.2) is 6.61 Å². The molecule has 5 nitrogen and oxygen atoms in total. The number of amides is 2. The Morgan fingerprint density at radius 2 is 1.71 bits per heavy atom. The van der Waals surface area contributed by atoms with Gasteiger partial charge < -0.3 is 15.0 Å². The first-order valence-corrected chi connectivity index (χ1v) is 10.4. The van der Waals surface area contributed by atoms with E-state index in [1.54, 1.807) is 19.1 Å². The van der Waals surface area contributed by atoms with Gasteiger partial charge in [-0.25, -0.2) is 4.39 Å². The number of benzene rings is 2. The van der Waals surface area contributed by atoms with Gasteiger partial charge in [0.25, 0.3) is 5.91 Å². The Morgan fingerprint density at radius 1 is 1.10 bits per heavy atom. The van der Waals surface area contributed by atoms with Gasteiger partial charge in [-0.15, -0.1) is 0 Å². The number of nitrogens with one attached hydrogen (secondary N) is 1. The predicted octanol–water partition coefficient (Wildman–Crippen LogP) is 4.46. The molecule has 1 atom stereocenters. The first kappa shape index (κ1) is 24.4. The van der Waals surface area contributed by atoms with Crippen molar-refractivity contribution in [2.24, 2.45) is 0 Å². The Hall–Kier alpha value is -2.89. The monoisotopic (exact) mass is 428 g/mol. The van der Waals surface area contributed by atoms with Crippen molar-refractivity contribution in [2.75, 3.05) is 6.61 Å². The van der Waals surface area contributed by atoms with Gasteiger partial charge in [-0.2, -0.15) is 0 Å². The molecule has 2 aromatic carbocycles. The summed E-state index contributed by atoms with van der Waals surface area (Å²) in [6.45, 7) is 13.2. The van der Waals surface area contributed by atoms with Crippen LogP contribution in [0, 0.1) is 26.6 Å². The molecule has 168 valence electrons. The van der Waals surface area contributed by atoms with Gasteiger partial charge in [0.2, 0.25) is 5.91 Å². The second-order valence-corrected chi connectivity index (χ2v) is 9.06. The lowest BCUT2D eigenvalue weighted by Gasteiger charge is -2.31. The van der Waals surface area contributed by atoms with Gasteiger partial charge in [0.1, 0.15) is 17.6 Å². The molecule has 1 N–H and O–H groups in total. The molecule has 2 amide bonds. The molecule has 0 aliphatic carbocycles. The quantitative estimate of drug-likeness (QED) is 0.708. The van der Waals surface area contributed by atoms with E-state index in [1.165, 1.54) is 17.0 Å². The topological polar surface area (TPSA) is 58.6 Å². The highest BCUT2D eigenvalue weighted by Crippen LogP contribution is 2.23. The Bertz CT molecular complexity index is 933. The summed E-state index contributed by atoms with van der Waals surface area (Å²) < 4.78 is 19.1. The molecule has 0 heterocycles. The summed E-state index contributed by atoms with van der Waals surface area (Å²) in [4.78, 5) is 27.4. The standard InChI is InChI=1S/C25H33FN2O3/c1-16-12-17(2)18(3)22(13-16)31-15-23(29)28(14-20-8-10-21(26)11-9-20)19(4)24(30)27-25(5,6)7/h8-13,19H,14-15H2,1-7H3,(H,27,30)/t19-/m1/s1. The molecule has 0 aliphatic heterocycles. The number of hydrogen-bond donors (Lipinski definition) is 1. The van der Waals surface area contributed by atoms with Crippen molar-refractivity contribution in [1.82, 2.24) is 10.2 Å². The van der Waals surface area contributed by atoms with Crippen LogP contribution in [0.4, 0.5) is 4.39 Å². The van der Waals surface area contributed by atoms with E-state index in [-0.39, 0.29) is 30.8 Å². The van der Waals surface area contributed by atoms with Crippen LogP contribution in [0.25, 0.3) is 0 Å². The molecule has 0 radical (unpaired) electrons. The van der Waals surface area contributed by atoms with Crippen molar-refractivity contribution in [2.45, 2.75) is 66.6 Å². The third-order valence-corrected chi connectivity index (χ3v) is 5.05. The summed E-state index contributed by atoms with van der Waals surface area (Å²) in [5, 5.41) is 2.91. The van der Waals surface area contributed by atoms with Crippen molar-refractivity contribution in [3.05, 3.63) is 64.5 Å². The average Bonchev–Trinajstić information content (AvgIpc) is 2.67. The largest absolute Gasteiger partial charge is 0.483 e. The molecule has 2 rings (SSSR count). The maximum absolute atomic E-state index is 13.3. The first-order chi connectivity index (χ1) is 14.4. The number of aryl methyl sites for hydroxylation is 2. The van der Waals surface area contributed by atoms with E-state index >= 15 is 0 Å². The van der Waals surface area contributed by atoms with Gasteiger partial charge in [-0.3, -0.25) is 9.59 Å². The Labute approximate surface area is 184 Å². The third-order valence-electron chi connectivity index (χ3n) is 5.05. The van der Waals surface area contributed by atoms with E-state index in [2.05, 4.69) is 11.4 Å². The molecule has 0 spiro atoms. The summed E-state index contributed by atoms with van der Waals surface area (Å²) in [5.74, 6) is -0.279. The van der Waals surface area contributed by atoms with E-state index in [0.717, 1.165) is 22.3 Å². The molecule has 0 unspecified atom stereocenters. The highest BCUT2D eigenvalue weighted by atomic mass is 19.1. The fraction of sp³-hybridized carbons (Fsp3) is 0.440. The van der Waals surface area contributed by atoms with Crippen molar-refractivity contribution in [3.8, 4) is 5.75 Å². The van der Waals surface area contributed by atoms with E-state index in [0.29, 0.717) is 5.75 Å². The Balaban J connectivity index is 2.22. The van der Waals surface area contributed by atoms with Crippen LogP contribution < -0.4 is 10.1 Å². The molecule has 0 fully saturated rings. The molecule has 0 bridgehead atoms. The minimum absolute atomic E-state index is 0.174. The zero-order valence-electron chi connectivity index (χ0n) is 19.5. The van der Waals surface area contributed by atoms with Gasteiger partial charge in [-0.1, -0.05) is 18.2 Å². The van der Waals surface area contributed by atoms with Crippen LogP contribution >= 0.6 is 0 Å². The maximum atomic E-state index is 13.3. The lowest BCUT2D eigenvalue weighted by atomic mass is 10.1. The number of nitrogens with zero attached hydrogens (tertiary/aromatic N) is 1. The number of carbonyl (C=O) groups is 2. The zero-order chi connectivity index (χ0) is 23.3. The lowest BCUT2D eigenvalue weighted by Crippen LogP contribution is -2.53. The maximum Gasteiger partial charge on any atom is 0.261 e. The van der Waals surface area contributed by atoms with Crippen molar-refractivity contribution >= 4 is 11.8 Å². The first-order valence-electron chi connectivity index (χ1n) is 10.4. The highest BCUT2D eigenvalue weighted by molar-refractivity contribution is 5.88. The summed E-state index contributed by atoms with van der Waals surface area (Å²) in [6.07, 6.45) is 0. The van der Waals surface area contributed by atoms with Crippen LogP contribution in [-0.2, 0) is 16.1 Å². The molecular formula is C25H33FN2O3. The molecule has 0 saturated heterocycles. The van der Waals surface area contributed by atoms with E-state index in [1.807, 2.05) is 47.6 Å². The summed E-state index contributed by atoms with van der Waals surface area (Å²) >= 11 is 0. The third kappa shape index (κ3) is 7.09. The van der Waals surface area contributed by atoms with Crippen LogP contribution in [0.1, 0.15) is 49.9 Å². The highest BCUT2D eigenvalue weighted by Gasteiger charge is 2.28. The van der Waals surface area contributed by atoms with E-state index in [4.69, 9.17) is 4.74 Å². The second kappa shape index (κ2) is 9.94. The minimum atomic E-state index is -0.722. The number of ether oxygens (including phenoxy) is 1. The number of rotatable bonds is 7. The van der Waals surface area contributed by atoms with Crippen molar-refractivity contribution < 1.29 is 18.7 Å². The second-order valence-electron chi connectivity index (χ2n) is 9.06. The number of halogens is 1. The predicted molar refractivity (Wildman–Crippen MR) is 120 cm³/mol. The molecule has 0 aromatic heterocycles. The molecule has 0 saturated carbocycles. The van der Waals surface area contributed by atoms with Gasteiger partial charge >= 0.3 is 0 Å². The fourth-order valence-electron chi connectivity index (χ4n) is 3.22. The smallest absolute Gasteiger partial charge is 0.261 e. The average molecular weight is 429 g/mol. The summed E-state index contributed by atoms with van der Waals surface area (Å²) in [6, 6.07) is 9.14. The Morgan fingerprint density at radius 3 is 2.29 bits per heavy atom. The van der Waals surface area contributed by atoms with Crippen LogP contribution in [-0.4, -0.2) is 34.9 Å². The SMILES string of the molecule is Cc1cc(C)c(C)c(OCC(=O)N(Cc2ccc(F)cc2)[C@H](C)C(=O)NC(C)(C)C)c1. The van der Waals surface area contributed by atoms with Crippen LogP contribution in [0.5, 0.6) is 5.75 Å². The van der Waals surface area contributed by atoms with Gasteiger partial charge in [0.05, 0.1) is 0 Å². The van der Waals surface area contributed by atoms with Crippen LogP contribution in [0.15, 0.2) is 36.4 Å². The zero-order valence-corrected chi connectivity index (χ0v) is 19.5. The van der Waals surface area contributed by atoms with Crippen molar-refractivity contribution in [3.63, 3.8) is 0 Å². The normalized spacial score (nSPS) is 12.3. The summed E-state index contributed by atoms with van der Waals surface area (Å²) in [7, 11) is 0. The van der Waals surface area contributed by atoms with Crippen molar-refractivity contribution in [1.29, 1.82) is 0 Å². The minimum Gasteiger partial charge on any atom is -0.483 e.